The molecule has 27 heavy (non-hydrogen) atoms. The highest BCUT2D eigenvalue weighted by Gasteiger charge is 2.14. The van der Waals surface area contributed by atoms with Crippen LogP contribution in [0.3, 0.4) is 0 Å². The van der Waals surface area contributed by atoms with Gasteiger partial charge in [0.2, 0.25) is 5.91 Å². The maximum absolute atomic E-state index is 11.3. The summed E-state index contributed by atoms with van der Waals surface area (Å²) in [5, 5.41) is 11.3. The van der Waals surface area contributed by atoms with Gasteiger partial charge in [0.1, 0.15) is 0 Å². The minimum absolute atomic E-state index is 0.1000. The molecule has 0 radical (unpaired) electrons. The van der Waals surface area contributed by atoms with Crippen molar-refractivity contribution in [1.29, 1.82) is 0 Å². The van der Waals surface area contributed by atoms with E-state index in [4.69, 9.17) is 4.74 Å². The van der Waals surface area contributed by atoms with E-state index in [-0.39, 0.29) is 12.0 Å². The highest BCUT2D eigenvalue weighted by atomic mass is 16.5. The van der Waals surface area contributed by atoms with E-state index in [1.165, 1.54) is 6.92 Å². The van der Waals surface area contributed by atoms with Gasteiger partial charge < -0.3 is 10.1 Å². The highest BCUT2D eigenvalue weighted by Crippen LogP contribution is 2.29. The van der Waals surface area contributed by atoms with Gasteiger partial charge in [-0.25, -0.2) is 4.98 Å². The second-order valence-electron chi connectivity index (χ2n) is 6.46. The fraction of sp³-hybridized carbons (Fsp3) is 0.190. The van der Waals surface area contributed by atoms with Crippen molar-refractivity contribution in [3.63, 3.8) is 0 Å². The van der Waals surface area contributed by atoms with E-state index in [1.54, 1.807) is 7.11 Å². The molecular formula is C21H20N4O2. The first kappa shape index (κ1) is 17.2. The smallest absolute Gasteiger partial charge is 0.221 e. The molecule has 0 fully saturated rings. The number of nitrogens with zero attached hydrogens (tertiary/aromatic N) is 2. The van der Waals surface area contributed by atoms with Crippen LogP contribution < -0.4 is 5.32 Å². The molecule has 2 N–H and O–H groups in total. The number of carbonyl (C=O) groups is 1. The Balaban J connectivity index is 1.66. The minimum Gasteiger partial charge on any atom is -0.377 e. The van der Waals surface area contributed by atoms with E-state index < -0.39 is 0 Å². The zero-order chi connectivity index (χ0) is 18.8. The van der Waals surface area contributed by atoms with Gasteiger partial charge in [0.15, 0.2) is 5.65 Å². The molecule has 1 amide bonds. The number of methoxy groups -OCH3 is 1. The standard InChI is InChI=1S/C21H20N4O2/c1-13(26)22-16-5-3-4-15(12-16)19-11-10-18-20(24-25-21(18)23-19)14-6-8-17(27-2)9-7-14/h3-8,10-12,17H,9H2,1-2H3,(H,22,26)(H,23,24,25). The van der Waals surface area contributed by atoms with Gasteiger partial charge in [-0.05, 0) is 36.3 Å². The third-order valence-corrected chi connectivity index (χ3v) is 4.55. The number of rotatable bonds is 4. The van der Waals surface area contributed by atoms with Crippen LogP contribution in [-0.2, 0) is 9.53 Å². The number of hydrogen-bond donors (Lipinski definition) is 2. The van der Waals surface area contributed by atoms with Crippen molar-refractivity contribution in [1.82, 2.24) is 15.2 Å². The third kappa shape index (κ3) is 3.52. The number of anilines is 1. The molecule has 0 saturated heterocycles. The fourth-order valence-electron chi connectivity index (χ4n) is 3.20. The Bertz CT molecular complexity index is 1060. The molecule has 0 saturated carbocycles. The average Bonchev–Trinajstić information content (AvgIpc) is 3.11. The number of aromatic amines is 1. The number of carbonyl (C=O) groups excluding carboxylic acids is 1. The average molecular weight is 360 g/mol. The molecule has 1 atom stereocenters. The molecule has 1 aliphatic rings. The number of ether oxygens (including phenoxy) is 1. The van der Waals surface area contributed by atoms with E-state index in [0.29, 0.717) is 5.65 Å². The lowest BCUT2D eigenvalue weighted by atomic mass is 10.0. The molecular weight excluding hydrogens is 340 g/mol. The second-order valence-corrected chi connectivity index (χ2v) is 6.46. The van der Waals surface area contributed by atoms with E-state index in [9.17, 15) is 4.79 Å². The first-order valence-electron chi connectivity index (χ1n) is 8.79. The number of nitrogens with one attached hydrogen (secondary N) is 2. The topological polar surface area (TPSA) is 79.9 Å². The molecule has 1 aliphatic carbocycles. The quantitative estimate of drug-likeness (QED) is 0.738. The zero-order valence-electron chi connectivity index (χ0n) is 15.2. The lowest BCUT2D eigenvalue weighted by Crippen LogP contribution is -2.08. The number of amides is 1. The van der Waals surface area contributed by atoms with Crippen LogP contribution >= 0.6 is 0 Å². The summed E-state index contributed by atoms with van der Waals surface area (Å²) in [7, 11) is 1.71. The Hall–Kier alpha value is -3.25. The lowest BCUT2D eigenvalue weighted by Gasteiger charge is -2.13. The minimum atomic E-state index is -0.1000. The number of allylic oxidation sites excluding steroid dienone is 2. The predicted octanol–water partition coefficient (Wildman–Crippen LogP) is 3.94. The van der Waals surface area contributed by atoms with E-state index in [2.05, 4.69) is 38.7 Å². The van der Waals surface area contributed by atoms with Crippen molar-refractivity contribution < 1.29 is 9.53 Å². The summed E-state index contributed by atoms with van der Waals surface area (Å²) >= 11 is 0. The third-order valence-electron chi connectivity index (χ3n) is 4.55. The van der Waals surface area contributed by atoms with Crippen molar-refractivity contribution in [2.24, 2.45) is 0 Å². The van der Waals surface area contributed by atoms with Gasteiger partial charge in [0.05, 0.1) is 17.5 Å². The number of H-pyrrole nitrogens is 1. The first-order valence-corrected chi connectivity index (χ1v) is 8.79. The molecule has 2 heterocycles. The Labute approximate surface area is 157 Å². The SMILES string of the molecule is COC1C=CC(c2[nH]nc3nc(-c4cccc(NC(C)=O)c4)ccc23)=CC1. The number of hydrogen-bond acceptors (Lipinski definition) is 4. The van der Waals surface area contributed by atoms with Crippen LogP contribution in [0.2, 0.25) is 0 Å². The summed E-state index contributed by atoms with van der Waals surface area (Å²) in [4.78, 5) is 16.0. The molecule has 6 nitrogen and oxygen atoms in total. The van der Waals surface area contributed by atoms with Gasteiger partial charge >= 0.3 is 0 Å². The van der Waals surface area contributed by atoms with Crippen molar-refractivity contribution in [2.45, 2.75) is 19.4 Å². The summed E-state index contributed by atoms with van der Waals surface area (Å²) in [6.07, 6.45) is 7.21. The molecule has 0 spiro atoms. The van der Waals surface area contributed by atoms with Gasteiger partial charge in [-0.2, -0.15) is 5.10 Å². The number of fused-ring (bicyclic) bond motifs is 1. The van der Waals surface area contributed by atoms with E-state index in [1.807, 2.05) is 36.4 Å². The van der Waals surface area contributed by atoms with Crippen LogP contribution in [0.4, 0.5) is 5.69 Å². The summed E-state index contributed by atoms with van der Waals surface area (Å²) < 4.78 is 5.35. The molecule has 1 aromatic carbocycles. The van der Waals surface area contributed by atoms with Crippen molar-refractivity contribution in [3.05, 3.63) is 60.3 Å². The molecule has 0 bridgehead atoms. The van der Waals surface area contributed by atoms with Gasteiger partial charge in [-0.1, -0.05) is 30.4 Å². The normalized spacial score (nSPS) is 16.4. The van der Waals surface area contributed by atoms with Crippen molar-refractivity contribution in [2.75, 3.05) is 12.4 Å². The zero-order valence-corrected chi connectivity index (χ0v) is 15.2. The van der Waals surface area contributed by atoms with E-state index in [0.717, 1.165) is 40.0 Å². The maximum atomic E-state index is 11.3. The lowest BCUT2D eigenvalue weighted by molar-refractivity contribution is -0.114. The molecule has 1 unspecified atom stereocenters. The first-order chi connectivity index (χ1) is 13.1. The summed E-state index contributed by atoms with van der Waals surface area (Å²) in [5.41, 5.74) is 5.19. The number of benzene rings is 1. The van der Waals surface area contributed by atoms with Crippen LogP contribution in [0.15, 0.2) is 54.6 Å². The van der Waals surface area contributed by atoms with E-state index >= 15 is 0 Å². The van der Waals surface area contributed by atoms with Crippen molar-refractivity contribution >= 4 is 28.2 Å². The van der Waals surface area contributed by atoms with Crippen LogP contribution in [0.5, 0.6) is 0 Å². The maximum Gasteiger partial charge on any atom is 0.221 e. The highest BCUT2D eigenvalue weighted by molar-refractivity contribution is 5.93. The second kappa shape index (κ2) is 7.17. The molecule has 3 aromatic rings. The Morgan fingerprint density at radius 2 is 2.19 bits per heavy atom. The molecule has 6 heteroatoms. The van der Waals surface area contributed by atoms with Crippen molar-refractivity contribution in [3.8, 4) is 11.3 Å². The molecule has 0 aliphatic heterocycles. The molecule has 136 valence electrons. The van der Waals surface area contributed by atoms with Crippen LogP contribution in [0, 0.1) is 0 Å². The fourth-order valence-corrected chi connectivity index (χ4v) is 3.20. The van der Waals surface area contributed by atoms with Crippen LogP contribution in [-0.4, -0.2) is 34.3 Å². The van der Waals surface area contributed by atoms with Gasteiger partial charge in [0.25, 0.3) is 0 Å². The monoisotopic (exact) mass is 360 g/mol. The van der Waals surface area contributed by atoms with Gasteiger partial charge in [-0.15, -0.1) is 0 Å². The Morgan fingerprint density at radius 1 is 1.30 bits per heavy atom. The molecule has 2 aromatic heterocycles. The number of aromatic nitrogens is 3. The largest absolute Gasteiger partial charge is 0.377 e. The summed E-state index contributed by atoms with van der Waals surface area (Å²) in [5.74, 6) is -0.1000. The number of pyridine rings is 1. The van der Waals surface area contributed by atoms with Gasteiger partial charge in [-0.3, -0.25) is 9.89 Å². The van der Waals surface area contributed by atoms with Gasteiger partial charge in [0, 0.05) is 30.7 Å². The Kier molecular flexibility index (Phi) is 4.56. The van der Waals surface area contributed by atoms with Crippen LogP contribution in [0.1, 0.15) is 19.0 Å². The van der Waals surface area contributed by atoms with Crippen LogP contribution in [0.25, 0.3) is 27.9 Å². The summed E-state index contributed by atoms with van der Waals surface area (Å²) in [6.45, 7) is 1.49. The summed E-state index contributed by atoms with van der Waals surface area (Å²) in [6, 6.07) is 11.6. The molecule has 4 rings (SSSR count). The predicted molar refractivity (Wildman–Crippen MR) is 106 cm³/mol. The Morgan fingerprint density at radius 3 is 2.93 bits per heavy atom.